The molecule has 1 heterocycles. The van der Waals surface area contributed by atoms with Crippen LogP contribution < -0.4 is 4.74 Å². The minimum absolute atomic E-state index is 0.110. The Kier molecular flexibility index (Phi) is 6.67. The highest BCUT2D eigenvalue weighted by molar-refractivity contribution is 6.46. The van der Waals surface area contributed by atoms with Crippen molar-refractivity contribution in [1.82, 2.24) is 4.90 Å². The molecule has 1 saturated heterocycles. The van der Waals surface area contributed by atoms with Crippen LogP contribution in [0.2, 0.25) is 0 Å². The molecule has 1 N–H and O–H groups in total. The second-order valence-electron chi connectivity index (χ2n) is 6.99. The van der Waals surface area contributed by atoms with E-state index in [4.69, 9.17) is 4.74 Å². The van der Waals surface area contributed by atoms with E-state index >= 15 is 0 Å². The van der Waals surface area contributed by atoms with Gasteiger partial charge in [0.2, 0.25) is 0 Å². The molecule has 0 aromatic heterocycles. The zero-order valence-corrected chi connectivity index (χ0v) is 16.8. The fourth-order valence-corrected chi connectivity index (χ4v) is 3.48. The van der Waals surface area contributed by atoms with Crippen LogP contribution in [-0.2, 0) is 9.59 Å². The Morgan fingerprint density at radius 1 is 1.20 bits per heavy atom. The lowest BCUT2D eigenvalue weighted by Gasteiger charge is -2.25. The van der Waals surface area contributed by atoms with Crippen LogP contribution in [0.1, 0.15) is 36.9 Å². The molecular formula is C24H24FNO4. The maximum absolute atomic E-state index is 14.6. The third kappa shape index (κ3) is 4.13. The van der Waals surface area contributed by atoms with Crippen LogP contribution in [0.3, 0.4) is 0 Å². The Morgan fingerprint density at radius 2 is 1.90 bits per heavy atom. The van der Waals surface area contributed by atoms with Crippen LogP contribution in [0.5, 0.6) is 5.75 Å². The van der Waals surface area contributed by atoms with Crippen molar-refractivity contribution in [3.63, 3.8) is 0 Å². The number of benzene rings is 2. The largest absolute Gasteiger partial charge is 0.507 e. The van der Waals surface area contributed by atoms with E-state index < -0.39 is 23.5 Å². The standard InChI is InChI=1S/C24H24FNO4/c1-3-5-14-26-21(18-8-6-7-9-19(18)25)20(23(28)24(26)29)22(27)16-10-12-17(13-11-16)30-15-4-2/h4,6-13,21,27H,2-3,5,14-15H2,1H3/t21-/m0/s1. The average Bonchev–Trinajstić information content (AvgIpc) is 3.01. The van der Waals surface area contributed by atoms with Crippen molar-refractivity contribution in [3.05, 3.63) is 83.7 Å². The predicted molar refractivity (Wildman–Crippen MR) is 112 cm³/mol. The minimum Gasteiger partial charge on any atom is -0.507 e. The molecule has 0 saturated carbocycles. The Hall–Kier alpha value is -3.41. The molecule has 2 aromatic rings. The number of hydrogen-bond donors (Lipinski definition) is 1. The summed E-state index contributed by atoms with van der Waals surface area (Å²) in [7, 11) is 0. The highest BCUT2D eigenvalue weighted by atomic mass is 19.1. The lowest BCUT2D eigenvalue weighted by Crippen LogP contribution is -2.31. The molecule has 0 aliphatic carbocycles. The molecular weight excluding hydrogens is 385 g/mol. The smallest absolute Gasteiger partial charge is 0.295 e. The maximum Gasteiger partial charge on any atom is 0.295 e. The molecule has 156 valence electrons. The van der Waals surface area contributed by atoms with Gasteiger partial charge in [0.1, 0.15) is 23.9 Å². The Morgan fingerprint density at radius 3 is 2.53 bits per heavy atom. The number of hydrogen-bond acceptors (Lipinski definition) is 4. The number of ether oxygens (including phenoxy) is 1. The number of rotatable bonds is 8. The van der Waals surface area contributed by atoms with Gasteiger partial charge >= 0.3 is 0 Å². The molecule has 0 bridgehead atoms. The van der Waals surface area contributed by atoms with Crippen LogP contribution in [0.4, 0.5) is 4.39 Å². The van der Waals surface area contributed by atoms with Crippen LogP contribution in [0.25, 0.3) is 5.76 Å². The molecule has 0 unspecified atom stereocenters. The summed E-state index contributed by atoms with van der Waals surface area (Å²) >= 11 is 0. The van der Waals surface area contributed by atoms with Crippen molar-refractivity contribution in [2.45, 2.75) is 25.8 Å². The van der Waals surface area contributed by atoms with E-state index in [2.05, 4.69) is 6.58 Å². The van der Waals surface area contributed by atoms with Crippen LogP contribution >= 0.6 is 0 Å². The molecule has 1 atom stereocenters. The molecule has 5 nitrogen and oxygen atoms in total. The summed E-state index contributed by atoms with van der Waals surface area (Å²) in [5, 5.41) is 10.9. The van der Waals surface area contributed by atoms with Gasteiger partial charge in [0.05, 0.1) is 11.6 Å². The molecule has 1 aliphatic heterocycles. The van der Waals surface area contributed by atoms with Gasteiger partial charge < -0.3 is 14.7 Å². The van der Waals surface area contributed by atoms with Crippen LogP contribution in [-0.4, -0.2) is 34.8 Å². The molecule has 1 fully saturated rings. The highest BCUT2D eigenvalue weighted by Crippen LogP contribution is 2.40. The van der Waals surface area contributed by atoms with Gasteiger partial charge in [0, 0.05) is 17.7 Å². The van der Waals surface area contributed by atoms with E-state index in [0.717, 1.165) is 6.42 Å². The number of unbranched alkanes of at least 4 members (excludes halogenated alkanes) is 1. The lowest BCUT2D eigenvalue weighted by molar-refractivity contribution is -0.139. The summed E-state index contributed by atoms with van der Waals surface area (Å²) in [6.45, 7) is 6.18. The number of aliphatic hydroxyl groups excluding tert-OH is 1. The number of nitrogens with zero attached hydrogens (tertiary/aromatic N) is 1. The van der Waals surface area contributed by atoms with Gasteiger partial charge in [-0.3, -0.25) is 9.59 Å². The molecule has 30 heavy (non-hydrogen) atoms. The van der Waals surface area contributed by atoms with E-state index in [9.17, 15) is 19.1 Å². The zero-order valence-electron chi connectivity index (χ0n) is 16.8. The summed E-state index contributed by atoms with van der Waals surface area (Å²) < 4.78 is 20.0. The van der Waals surface area contributed by atoms with Crippen LogP contribution in [0, 0.1) is 5.82 Å². The van der Waals surface area contributed by atoms with Gasteiger partial charge in [-0.05, 0) is 36.8 Å². The number of halogens is 1. The number of Topliss-reactive ketones (excluding diaryl/α,β-unsaturated/α-hetero) is 1. The van der Waals surface area contributed by atoms with Gasteiger partial charge in [-0.1, -0.05) is 44.2 Å². The fourth-order valence-electron chi connectivity index (χ4n) is 3.48. The van der Waals surface area contributed by atoms with Crippen molar-refractivity contribution in [2.75, 3.05) is 13.2 Å². The number of ketones is 1. The van der Waals surface area contributed by atoms with E-state index in [0.29, 0.717) is 30.9 Å². The third-order valence-corrected chi connectivity index (χ3v) is 4.99. The SMILES string of the molecule is C=CCOc1ccc(C(O)=C2C(=O)C(=O)N(CCCC)[C@H]2c2ccccc2F)cc1. The number of amides is 1. The first-order chi connectivity index (χ1) is 14.5. The summed E-state index contributed by atoms with van der Waals surface area (Å²) in [5.41, 5.74) is 0.414. The van der Waals surface area contributed by atoms with E-state index in [1.807, 2.05) is 6.92 Å². The summed E-state index contributed by atoms with van der Waals surface area (Å²) in [6.07, 6.45) is 3.08. The van der Waals surface area contributed by atoms with Crippen molar-refractivity contribution in [2.24, 2.45) is 0 Å². The molecule has 1 amide bonds. The number of carbonyl (C=O) groups excluding carboxylic acids is 2. The monoisotopic (exact) mass is 409 g/mol. The van der Waals surface area contributed by atoms with E-state index in [-0.39, 0.29) is 16.9 Å². The number of likely N-dealkylation sites (tertiary alicyclic amines) is 1. The first kappa shape index (κ1) is 21.3. The highest BCUT2D eigenvalue weighted by Gasteiger charge is 2.46. The number of carbonyl (C=O) groups is 2. The zero-order chi connectivity index (χ0) is 21.7. The molecule has 2 aromatic carbocycles. The summed E-state index contributed by atoms with van der Waals surface area (Å²) in [4.78, 5) is 26.9. The molecule has 0 radical (unpaired) electrons. The second kappa shape index (κ2) is 9.39. The topological polar surface area (TPSA) is 66.8 Å². The van der Waals surface area contributed by atoms with Gasteiger partial charge in [0.15, 0.2) is 0 Å². The second-order valence-corrected chi connectivity index (χ2v) is 6.99. The van der Waals surface area contributed by atoms with Gasteiger partial charge in [-0.15, -0.1) is 0 Å². The Labute approximate surface area is 175 Å². The molecule has 3 rings (SSSR count). The molecule has 6 heteroatoms. The minimum atomic E-state index is -0.977. The van der Waals surface area contributed by atoms with Crippen molar-refractivity contribution in [3.8, 4) is 5.75 Å². The average molecular weight is 409 g/mol. The Balaban J connectivity index is 2.08. The maximum atomic E-state index is 14.6. The third-order valence-electron chi connectivity index (χ3n) is 4.99. The molecule has 1 aliphatic rings. The normalized spacial score (nSPS) is 17.9. The number of aliphatic hydroxyl groups is 1. The van der Waals surface area contributed by atoms with Gasteiger partial charge in [0.25, 0.3) is 11.7 Å². The molecule has 0 spiro atoms. The van der Waals surface area contributed by atoms with Gasteiger partial charge in [-0.25, -0.2) is 4.39 Å². The quantitative estimate of drug-likeness (QED) is 0.299. The van der Waals surface area contributed by atoms with Crippen molar-refractivity contribution < 1.29 is 23.8 Å². The van der Waals surface area contributed by atoms with Gasteiger partial charge in [-0.2, -0.15) is 0 Å². The Bertz CT molecular complexity index is 981. The summed E-state index contributed by atoms with van der Waals surface area (Å²) in [5.74, 6) is -1.85. The van der Waals surface area contributed by atoms with Crippen molar-refractivity contribution >= 4 is 17.4 Å². The first-order valence-corrected chi connectivity index (χ1v) is 9.86. The fraction of sp³-hybridized carbons (Fsp3) is 0.250. The predicted octanol–water partition coefficient (Wildman–Crippen LogP) is 4.61. The van der Waals surface area contributed by atoms with Crippen molar-refractivity contribution in [1.29, 1.82) is 0 Å². The first-order valence-electron chi connectivity index (χ1n) is 9.86. The summed E-state index contributed by atoms with van der Waals surface area (Å²) in [6, 6.07) is 11.5. The lowest BCUT2D eigenvalue weighted by atomic mass is 9.95. The van der Waals surface area contributed by atoms with Crippen LogP contribution in [0.15, 0.2) is 66.8 Å². The van der Waals surface area contributed by atoms with E-state index in [1.54, 1.807) is 42.5 Å². The van der Waals surface area contributed by atoms with E-state index in [1.165, 1.54) is 17.0 Å².